The first-order chi connectivity index (χ1) is 18.0. The van der Waals surface area contributed by atoms with Crippen molar-refractivity contribution in [1.29, 1.82) is 0 Å². The first kappa shape index (κ1) is 23.9. The van der Waals surface area contributed by atoms with Crippen LogP contribution in [-0.4, -0.2) is 61.2 Å². The predicted molar refractivity (Wildman–Crippen MR) is 140 cm³/mol. The van der Waals surface area contributed by atoms with Crippen LogP contribution in [0.3, 0.4) is 0 Å². The van der Waals surface area contributed by atoms with E-state index in [2.05, 4.69) is 26.6 Å². The number of pyridine rings is 2. The molecule has 4 aromatic heterocycles. The van der Waals surface area contributed by atoms with Crippen LogP contribution in [-0.2, 0) is 13.1 Å². The highest BCUT2D eigenvalue weighted by atomic mass is 16.5. The Kier molecular flexibility index (Phi) is 6.34. The minimum atomic E-state index is -0.629. The fourth-order valence-corrected chi connectivity index (χ4v) is 5.41. The molecule has 0 amide bonds. The van der Waals surface area contributed by atoms with Gasteiger partial charge in [-0.25, -0.2) is 4.52 Å². The molecule has 9 nitrogen and oxygen atoms in total. The van der Waals surface area contributed by atoms with Crippen molar-refractivity contribution in [2.45, 2.75) is 52.3 Å². The van der Waals surface area contributed by atoms with Gasteiger partial charge in [-0.15, -0.1) is 0 Å². The number of aliphatic hydroxyl groups excluding tert-OH is 1. The summed E-state index contributed by atoms with van der Waals surface area (Å²) in [6, 6.07) is 5.82. The zero-order chi connectivity index (χ0) is 25.5. The Morgan fingerprint density at radius 3 is 2.70 bits per heavy atom. The summed E-state index contributed by atoms with van der Waals surface area (Å²) in [5.41, 5.74) is 6.70. The minimum Gasteiger partial charge on any atom is -0.493 e. The summed E-state index contributed by atoms with van der Waals surface area (Å²) < 4.78 is 15.9. The number of ether oxygens (including phenoxy) is 2. The number of hydrogen-bond acceptors (Lipinski definition) is 7. The van der Waals surface area contributed by atoms with E-state index in [0.29, 0.717) is 22.7 Å². The molecule has 37 heavy (non-hydrogen) atoms. The van der Waals surface area contributed by atoms with Gasteiger partial charge < -0.3 is 14.6 Å². The molecule has 0 saturated heterocycles. The summed E-state index contributed by atoms with van der Waals surface area (Å²) in [7, 11) is 1.61. The number of aromatic nitrogens is 5. The normalized spacial score (nSPS) is 17.0. The molecule has 4 aromatic rings. The Labute approximate surface area is 216 Å². The molecule has 0 radical (unpaired) electrons. The zero-order valence-corrected chi connectivity index (χ0v) is 21.7. The molecule has 0 spiro atoms. The van der Waals surface area contributed by atoms with Gasteiger partial charge in [0, 0.05) is 37.6 Å². The van der Waals surface area contributed by atoms with E-state index in [4.69, 9.17) is 14.6 Å². The van der Waals surface area contributed by atoms with Crippen LogP contribution in [0.25, 0.3) is 16.8 Å². The molecule has 0 aromatic carbocycles. The molecule has 1 N–H and O–H groups in total. The minimum absolute atomic E-state index is 0.211. The van der Waals surface area contributed by atoms with Crippen molar-refractivity contribution in [3.63, 3.8) is 0 Å². The van der Waals surface area contributed by atoms with Gasteiger partial charge in [-0.1, -0.05) is 12.5 Å². The second-order valence-corrected chi connectivity index (χ2v) is 10.3. The van der Waals surface area contributed by atoms with Crippen molar-refractivity contribution < 1.29 is 14.6 Å². The number of hydrogen-bond donors (Lipinski definition) is 1. The van der Waals surface area contributed by atoms with Crippen LogP contribution >= 0.6 is 0 Å². The van der Waals surface area contributed by atoms with Gasteiger partial charge >= 0.3 is 0 Å². The third kappa shape index (κ3) is 4.46. The molecule has 1 atom stereocenters. The van der Waals surface area contributed by atoms with Crippen LogP contribution in [0.2, 0.25) is 0 Å². The fourth-order valence-electron chi connectivity index (χ4n) is 5.41. The SMILES string of the molecule is COc1cnn2cc(-c3nn4c(c3C)CN(CC3CCC3)CC4)cc(O[C@H](CO)c3ccc(C)cn3)c12. The van der Waals surface area contributed by atoms with Crippen molar-refractivity contribution in [2.24, 2.45) is 5.92 Å². The van der Waals surface area contributed by atoms with Gasteiger partial charge in [0.1, 0.15) is 0 Å². The number of aliphatic hydroxyl groups is 1. The molecule has 9 heteroatoms. The summed E-state index contributed by atoms with van der Waals surface area (Å²) in [6.07, 6.45) is 8.90. The highest BCUT2D eigenvalue weighted by Gasteiger charge is 2.27. The third-order valence-electron chi connectivity index (χ3n) is 7.80. The topological polar surface area (TPSA) is 89.9 Å². The van der Waals surface area contributed by atoms with E-state index < -0.39 is 6.10 Å². The maximum absolute atomic E-state index is 10.2. The highest BCUT2D eigenvalue weighted by molar-refractivity contribution is 5.75. The highest BCUT2D eigenvalue weighted by Crippen LogP contribution is 2.37. The first-order valence-corrected chi connectivity index (χ1v) is 13.1. The van der Waals surface area contributed by atoms with Crippen molar-refractivity contribution in [1.82, 2.24) is 29.3 Å². The number of aryl methyl sites for hydroxylation is 1. The van der Waals surface area contributed by atoms with Crippen LogP contribution in [0, 0.1) is 19.8 Å². The van der Waals surface area contributed by atoms with Crippen LogP contribution < -0.4 is 9.47 Å². The van der Waals surface area contributed by atoms with Crippen LogP contribution in [0.4, 0.5) is 0 Å². The van der Waals surface area contributed by atoms with E-state index in [1.807, 2.05) is 31.3 Å². The molecule has 1 aliphatic carbocycles. The molecule has 0 bridgehead atoms. The summed E-state index contributed by atoms with van der Waals surface area (Å²) >= 11 is 0. The van der Waals surface area contributed by atoms with E-state index in [1.165, 1.54) is 37.1 Å². The maximum atomic E-state index is 10.2. The van der Waals surface area contributed by atoms with Gasteiger partial charge in [-0.3, -0.25) is 14.6 Å². The molecule has 1 fully saturated rings. The largest absolute Gasteiger partial charge is 0.493 e. The van der Waals surface area contributed by atoms with E-state index >= 15 is 0 Å². The Bertz CT molecular complexity index is 1410. The van der Waals surface area contributed by atoms with Gasteiger partial charge in [-0.05, 0) is 55.9 Å². The summed E-state index contributed by atoms with van der Waals surface area (Å²) in [5.74, 6) is 2.02. The molecular weight excluding hydrogens is 468 g/mol. The summed E-state index contributed by atoms with van der Waals surface area (Å²) in [6.45, 7) is 7.98. The maximum Gasteiger partial charge on any atom is 0.168 e. The van der Waals surface area contributed by atoms with E-state index in [-0.39, 0.29) is 6.61 Å². The van der Waals surface area contributed by atoms with Gasteiger partial charge in [0.05, 0.1) is 43.5 Å². The summed E-state index contributed by atoms with van der Waals surface area (Å²) in [5, 5.41) is 19.7. The van der Waals surface area contributed by atoms with E-state index in [9.17, 15) is 5.11 Å². The van der Waals surface area contributed by atoms with Crippen LogP contribution in [0.5, 0.6) is 11.5 Å². The van der Waals surface area contributed by atoms with Crippen LogP contribution in [0.15, 0.2) is 36.8 Å². The monoisotopic (exact) mass is 502 g/mol. The third-order valence-corrected chi connectivity index (χ3v) is 7.80. The lowest BCUT2D eigenvalue weighted by atomic mass is 9.85. The molecular formula is C28H34N6O3. The lowest BCUT2D eigenvalue weighted by Gasteiger charge is -2.34. The number of methoxy groups -OCH3 is 1. The van der Waals surface area contributed by atoms with Gasteiger partial charge in [0.25, 0.3) is 0 Å². The second-order valence-electron chi connectivity index (χ2n) is 10.3. The average molecular weight is 503 g/mol. The predicted octanol–water partition coefficient (Wildman–Crippen LogP) is 3.95. The molecule has 6 rings (SSSR count). The van der Waals surface area contributed by atoms with Crippen molar-refractivity contribution >= 4 is 5.52 Å². The van der Waals surface area contributed by atoms with Crippen LogP contribution in [0.1, 0.15) is 47.9 Å². The van der Waals surface area contributed by atoms with E-state index in [1.54, 1.807) is 24.0 Å². The quantitative estimate of drug-likeness (QED) is 0.390. The molecule has 1 aliphatic heterocycles. The second kappa shape index (κ2) is 9.79. The Balaban J connectivity index is 1.36. The first-order valence-electron chi connectivity index (χ1n) is 13.1. The lowest BCUT2D eigenvalue weighted by Crippen LogP contribution is -2.38. The van der Waals surface area contributed by atoms with Crippen molar-refractivity contribution in [2.75, 3.05) is 26.8 Å². The zero-order valence-electron chi connectivity index (χ0n) is 21.7. The standard InChI is InChI=1S/C28H34N6O3/c1-18-7-8-22(29-12-18)26(17-35)37-24-11-21(15-34-28(24)25(36-3)13-30-34)27-19(2)23-16-32(9-10-33(23)31-27)14-20-5-4-6-20/h7-8,11-13,15,20,26,35H,4-6,9-10,14,16-17H2,1-3H3/t26-/m1/s1. The molecule has 0 unspecified atom stereocenters. The molecule has 2 aliphatic rings. The number of fused-ring (bicyclic) bond motifs is 2. The lowest BCUT2D eigenvalue weighted by molar-refractivity contribution is 0.114. The molecule has 5 heterocycles. The summed E-state index contributed by atoms with van der Waals surface area (Å²) in [4.78, 5) is 7.05. The number of rotatable bonds is 8. The van der Waals surface area contributed by atoms with Crippen molar-refractivity contribution in [3.8, 4) is 22.8 Å². The van der Waals surface area contributed by atoms with E-state index in [0.717, 1.165) is 42.4 Å². The smallest absolute Gasteiger partial charge is 0.168 e. The van der Waals surface area contributed by atoms with Gasteiger partial charge in [-0.2, -0.15) is 10.2 Å². The Morgan fingerprint density at radius 1 is 1.14 bits per heavy atom. The molecule has 194 valence electrons. The van der Waals surface area contributed by atoms with Crippen molar-refractivity contribution in [3.05, 3.63) is 59.3 Å². The Morgan fingerprint density at radius 2 is 2.00 bits per heavy atom. The average Bonchev–Trinajstić information content (AvgIpc) is 3.46. The molecule has 1 saturated carbocycles. The fraction of sp³-hybridized carbons (Fsp3) is 0.464. The number of nitrogens with zero attached hydrogens (tertiary/aromatic N) is 6. The Hall–Kier alpha value is -3.43. The van der Waals surface area contributed by atoms with Gasteiger partial charge in [0.15, 0.2) is 23.1 Å². The van der Waals surface area contributed by atoms with Gasteiger partial charge in [0.2, 0.25) is 0 Å².